The van der Waals surface area contributed by atoms with Gasteiger partial charge in [0.25, 0.3) is 5.91 Å². The maximum atomic E-state index is 12.3. The molecule has 0 aliphatic heterocycles. The van der Waals surface area contributed by atoms with E-state index >= 15 is 0 Å². The molecule has 0 fully saturated rings. The fourth-order valence-electron chi connectivity index (χ4n) is 1.99. The molecule has 22 heavy (non-hydrogen) atoms. The third-order valence-corrected chi connectivity index (χ3v) is 4.01. The van der Waals surface area contributed by atoms with Gasteiger partial charge >= 0.3 is 0 Å². The standard InChI is InChI=1S/C16H19N3O2S/c1-2-9-17-16-18-11-14(22-16)15(21)19-13(8-10-20)12-6-4-3-5-7-12/h2-7,11,13,20H,1,8-10H2,(H,17,18)(H,19,21). The first kappa shape index (κ1) is 16.2. The van der Waals surface area contributed by atoms with E-state index in [9.17, 15) is 9.90 Å². The lowest BCUT2D eigenvalue weighted by Crippen LogP contribution is -2.28. The number of carbonyl (C=O) groups is 1. The zero-order valence-corrected chi connectivity index (χ0v) is 13.0. The number of hydrogen-bond donors (Lipinski definition) is 3. The molecular weight excluding hydrogens is 298 g/mol. The third-order valence-electron chi connectivity index (χ3n) is 3.05. The van der Waals surface area contributed by atoms with E-state index in [2.05, 4.69) is 22.2 Å². The molecule has 5 nitrogen and oxygen atoms in total. The van der Waals surface area contributed by atoms with Gasteiger partial charge in [-0.3, -0.25) is 4.79 Å². The predicted molar refractivity (Wildman–Crippen MR) is 89.2 cm³/mol. The Kier molecular flexibility index (Phi) is 6.12. The maximum absolute atomic E-state index is 12.3. The molecular formula is C16H19N3O2S. The first-order valence-electron chi connectivity index (χ1n) is 7.02. The Morgan fingerprint density at radius 2 is 2.18 bits per heavy atom. The van der Waals surface area contributed by atoms with Crippen molar-refractivity contribution in [2.45, 2.75) is 12.5 Å². The van der Waals surface area contributed by atoms with Crippen LogP contribution in [0.4, 0.5) is 5.13 Å². The Balaban J connectivity index is 2.04. The Bertz CT molecular complexity index is 613. The smallest absolute Gasteiger partial charge is 0.263 e. The van der Waals surface area contributed by atoms with Crippen LogP contribution in [-0.4, -0.2) is 29.1 Å². The van der Waals surface area contributed by atoms with Crippen molar-refractivity contribution >= 4 is 22.4 Å². The number of carbonyl (C=O) groups excluding carboxylic acids is 1. The van der Waals surface area contributed by atoms with E-state index in [0.29, 0.717) is 23.0 Å². The van der Waals surface area contributed by atoms with Gasteiger partial charge in [-0.2, -0.15) is 0 Å². The first-order valence-corrected chi connectivity index (χ1v) is 7.83. The summed E-state index contributed by atoms with van der Waals surface area (Å²) in [4.78, 5) is 17.0. The summed E-state index contributed by atoms with van der Waals surface area (Å²) in [6.07, 6.45) is 3.75. The van der Waals surface area contributed by atoms with Crippen molar-refractivity contribution in [3.8, 4) is 0 Å². The number of aromatic nitrogens is 1. The molecule has 0 aliphatic rings. The second-order valence-electron chi connectivity index (χ2n) is 4.65. The van der Waals surface area contributed by atoms with Gasteiger partial charge in [0.05, 0.1) is 12.2 Å². The van der Waals surface area contributed by atoms with Gasteiger partial charge < -0.3 is 15.7 Å². The Morgan fingerprint density at radius 1 is 1.41 bits per heavy atom. The number of nitrogens with zero attached hydrogens (tertiary/aromatic N) is 1. The highest BCUT2D eigenvalue weighted by atomic mass is 32.1. The summed E-state index contributed by atoms with van der Waals surface area (Å²) < 4.78 is 0. The van der Waals surface area contributed by atoms with Gasteiger partial charge in [-0.05, 0) is 12.0 Å². The van der Waals surface area contributed by atoms with Crippen LogP contribution < -0.4 is 10.6 Å². The van der Waals surface area contributed by atoms with Gasteiger partial charge in [0.1, 0.15) is 4.88 Å². The molecule has 1 atom stereocenters. The highest BCUT2D eigenvalue weighted by molar-refractivity contribution is 7.17. The van der Waals surface area contributed by atoms with E-state index in [0.717, 1.165) is 5.56 Å². The topological polar surface area (TPSA) is 74.2 Å². The first-order chi connectivity index (χ1) is 10.7. The highest BCUT2D eigenvalue weighted by Gasteiger charge is 2.17. The summed E-state index contributed by atoms with van der Waals surface area (Å²) in [6, 6.07) is 9.40. The minimum Gasteiger partial charge on any atom is -0.396 e. The van der Waals surface area contributed by atoms with Crippen molar-refractivity contribution in [3.05, 3.63) is 59.6 Å². The van der Waals surface area contributed by atoms with Crippen LogP contribution >= 0.6 is 11.3 Å². The summed E-state index contributed by atoms with van der Waals surface area (Å²) in [6.45, 7) is 4.23. The lowest BCUT2D eigenvalue weighted by Gasteiger charge is -2.17. The lowest BCUT2D eigenvalue weighted by molar-refractivity contribution is 0.0934. The molecule has 0 spiro atoms. The number of aliphatic hydroxyl groups excluding tert-OH is 1. The van der Waals surface area contributed by atoms with Crippen LogP contribution in [0.25, 0.3) is 0 Å². The van der Waals surface area contributed by atoms with E-state index in [1.165, 1.54) is 11.3 Å². The van der Waals surface area contributed by atoms with Gasteiger partial charge in [0, 0.05) is 13.2 Å². The molecule has 2 rings (SSSR count). The van der Waals surface area contributed by atoms with E-state index in [4.69, 9.17) is 0 Å². The van der Waals surface area contributed by atoms with Crippen molar-refractivity contribution in [2.75, 3.05) is 18.5 Å². The van der Waals surface area contributed by atoms with Gasteiger partial charge in [-0.25, -0.2) is 4.98 Å². The molecule has 3 N–H and O–H groups in total. The average molecular weight is 317 g/mol. The summed E-state index contributed by atoms with van der Waals surface area (Å²) in [5.74, 6) is -0.188. The molecule has 6 heteroatoms. The summed E-state index contributed by atoms with van der Waals surface area (Å²) >= 11 is 1.29. The molecule has 2 aromatic rings. The van der Waals surface area contributed by atoms with Crippen LogP contribution in [0, 0.1) is 0 Å². The number of amides is 1. The summed E-state index contributed by atoms with van der Waals surface area (Å²) in [7, 11) is 0. The fourth-order valence-corrected chi connectivity index (χ4v) is 2.71. The maximum Gasteiger partial charge on any atom is 0.263 e. The number of rotatable bonds is 8. The molecule has 0 bridgehead atoms. The molecule has 1 heterocycles. The molecule has 0 saturated heterocycles. The van der Waals surface area contributed by atoms with Crippen LogP contribution in [0.1, 0.15) is 27.7 Å². The number of hydrogen-bond acceptors (Lipinski definition) is 5. The van der Waals surface area contributed by atoms with Gasteiger partial charge in [-0.15, -0.1) is 6.58 Å². The number of nitrogens with one attached hydrogen (secondary N) is 2. The zero-order valence-electron chi connectivity index (χ0n) is 12.2. The molecule has 1 aromatic carbocycles. The third kappa shape index (κ3) is 4.41. The number of thiazole rings is 1. The van der Waals surface area contributed by atoms with Crippen molar-refractivity contribution in [1.29, 1.82) is 0 Å². The molecule has 0 saturated carbocycles. The normalized spacial score (nSPS) is 11.7. The quantitative estimate of drug-likeness (QED) is 0.654. The van der Waals surface area contributed by atoms with E-state index in [1.807, 2.05) is 30.3 Å². The monoisotopic (exact) mass is 317 g/mol. The van der Waals surface area contributed by atoms with Crippen molar-refractivity contribution < 1.29 is 9.90 Å². The minimum atomic E-state index is -0.217. The Morgan fingerprint density at radius 3 is 2.86 bits per heavy atom. The largest absolute Gasteiger partial charge is 0.396 e. The summed E-state index contributed by atoms with van der Waals surface area (Å²) in [5, 5.41) is 15.9. The fraction of sp³-hybridized carbons (Fsp3) is 0.250. The summed E-state index contributed by atoms with van der Waals surface area (Å²) in [5.41, 5.74) is 0.972. The lowest BCUT2D eigenvalue weighted by atomic mass is 10.0. The van der Waals surface area contributed by atoms with E-state index in [-0.39, 0.29) is 18.6 Å². The predicted octanol–water partition coefficient (Wildman–Crippen LogP) is 2.59. The van der Waals surface area contributed by atoms with Crippen molar-refractivity contribution in [2.24, 2.45) is 0 Å². The Hall–Kier alpha value is -2.18. The van der Waals surface area contributed by atoms with Crippen LogP contribution in [0.5, 0.6) is 0 Å². The molecule has 1 amide bonds. The van der Waals surface area contributed by atoms with Crippen LogP contribution in [0.15, 0.2) is 49.2 Å². The number of aliphatic hydroxyl groups is 1. The van der Waals surface area contributed by atoms with Gasteiger partial charge in [0.2, 0.25) is 0 Å². The molecule has 116 valence electrons. The SMILES string of the molecule is C=CCNc1ncc(C(=O)NC(CCO)c2ccccc2)s1. The second-order valence-corrected chi connectivity index (χ2v) is 5.68. The second kappa shape index (κ2) is 8.31. The van der Waals surface area contributed by atoms with E-state index in [1.54, 1.807) is 12.3 Å². The molecule has 0 aliphatic carbocycles. The highest BCUT2D eigenvalue weighted by Crippen LogP contribution is 2.21. The molecule has 1 aromatic heterocycles. The Labute approximate surface area is 133 Å². The van der Waals surface area contributed by atoms with Crippen LogP contribution in [0.3, 0.4) is 0 Å². The van der Waals surface area contributed by atoms with Crippen molar-refractivity contribution in [1.82, 2.24) is 10.3 Å². The van der Waals surface area contributed by atoms with Crippen molar-refractivity contribution in [3.63, 3.8) is 0 Å². The molecule has 0 radical (unpaired) electrons. The average Bonchev–Trinajstić information content (AvgIpc) is 3.02. The van der Waals surface area contributed by atoms with E-state index < -0.39 is 0 Å². The van der Waals surface area contributed by atoms with Crippen LogP contribution in [-0.2, 0) is 0 Å². The van der Waals surface area contributed by atoms with Gasteiger partial charge in [0.15, 0.2) is 5.13 Å². The number of benzene rings is 1. The number of anilines is 1. The minimum absolute atomic E-state index is 0.00860. The van der Waals surface area contributed by atoms with Crippen LogP contribution in [0.2, 0.25) is 0 Å². The van der Waals surface area contributed by atoms with Gasteiger partial charge in [-0.1, -0.05) is 47.7 Å². The zero-order chi connectivity index (χ0) is 15.8. The molecule has 1 unspecified atom stereocenters.